The first-order chi connectivity index (χ1) is 31.9. The highest BCUT2D eigenvalue weighted by Crippen LogP contribution is 2.50. The quantitative estimate of drug-likeness (QED) is 0.165. The molecule has 0 fully saturated rings. The molecule has 10 rings (SSSR count). The van der Waals surface area contributed by atoms with E-state index in [9.17, 15) is 0 Å². The predicted octanol–water partition coefficient (Wildman–Crippen LogP) is 19.5. The van der Waals surface area contributed by atoms with Crippen LogP contribution < -0.4 is 9.80 Å². The number of aromatic nitrogens is 1. The molecule has 0 saturated carbocycles. The Morgan fingerprint density at radius 3 is 1.06 bits per heavy atom. The third-order valence-electron chi connectivity index (χ3n) is 14.3. The van der Waals surface area contributed by atoms with Gasteiger partial charge in [0.2, 0.25) is 0 Å². The zero-order chi connectivity index (χ0) is 48.5. The van der Waals surface area contributed by atoms with E-state index in [0.717, 1.165) is 34.1 Å². The summed E-state index contributed by atoms with van der Waals surface area (Å²) in [5.41, 5.74) is 17.7. The Balaban J connectivity index is 1.18. The summed E-state index contributed by atoms with van der Waals surface area (Å²) >= 11 is 1.93. The van der Waals surface area contributed by atoms with Gasteiger partial charge in [-0.05, 0) is 152 Å². The van der Waals surface area contributed by atoms with Gasteiger partial charge in [-0.15, -0.1) is 11.3 Å². The Kier molecular flexibility index (Phi) is 10.6. The van der Waals surface area contributed by atoms with Crippen LogP contribution in [-0.2, 0) is 27.1 Å². The second kappa shape index (κ2) is 15.7. The van der Waals surface area contributed by atoms with Gasteiger partial charge in [-0.1, -0.05) is 152 Å². The predicted molar refractivity (Wildman–Crippen MR) is 299 cm³/mol. The highest BCUT2D eigenvalue weighted by atomic mass is 32.1. The van der Waals surface area contributed by atoms with Crippen LogP contribution in [0.5, 0.6) is 0 Å². The third-order valence-corrected chi connectivity index (χ3v) is 15.5. The minimum Gasteiger partial charge on any atom is -0.310 e. The summed E-state index contributed by atoms with van der Waals surface area (Å²) in [6.45, 7) is 34.5. The number of hydrogen-bond acceptors (Lipinski definition) is 3. The lowest BCUT2D eigenvalue weighted by Gasteiger charge is -2.28. The van der Waals surface area contributed by atoms with Gasteiger partial charge in [-0.25, -0.2) is 0 Å². The molecule has 0 unspecified atom stereocenters. The van der Waals surface area contributed by atoms with Crippen LogP contribution >= 0.6 is 11.3 Å². The summed E-state index contributed by atoms with van der Waals surface area (Å²) in [5, 5.41) is 5.21. The molecule has 3 aromatic heterocycles. The Morgan fingerprint density at radius 2 is 0.662 bits per heavy atom. The molecule has 0 radical (unpaired) electrons. The van der Waals surface area contributed by atoms with Crippen LogP contribution in [0.2, 0.25) is 0 Å². The maximum Gasteiger partial charge on any atom is 0.0728 e. The number of anilines is 6. The molecule has 346 valence electrons. The average Bonchev–Trinajstić information content (AvgIpc) is 3.91. The Bertz CT molecular complexity index is 3360. The molecule has 7 aromatic carbocycles. The smallest absolute Gasteiger partial charge is 0.0728 e. The number of thiophene rings is 1. The molecule has 0 atom stereocenters. The standard InChI is InChI=1S/C64H69N3S/c1-60(2,3)40-16-24-45(25-17-40)65(46-26-18-41(19-27-46)61(4,5)6)49-33-35-55-52(38-49)53-36-44(64(13,14)15)37-54-57(53)67(55)58-51-34-32-50(39-56(51)68-59(54)58)66(47-28-20-42(21-29-47)62(7,8)9)48-30-22-43(23-31-48)63(10,11)12/h16-39H,1-15H3. The Labute approximate surface area is 409 Å². The molecule has 0 aliphatic rings. The van der Waals surface area contributed by atoms with Gasteiger partial charge in [-0.2, -0.15) is 0 Å². The van der Waals surface area contributed by atoms with Gasteiger partial charge in [0, 0.05) is 60.4 Å². The molecular formula is C64H69N3S. The van der Waals surface area contributed by atoms with E-state index in [2.05, 4.69) is 264 Å². The van der Waals surface area contributed by atoms with Crippen LogP contribution in [0.4, 0.5) is 34.1 Å². The van der Waals surface area contributed by atoms with Crippen molar-refractivity contribution in [1.29, 1.82) is 0 Å². The largest absolute Gasteiger partial charge is 0.310 e. The maximum atomic E-state index is 2.58. The van der Waals surface area contributed by atoms with E-state index in [0.29, 0.717) is 0 Å². The highest BCUT2D eigenvalue weighted by Gasteiger charge is 2.27. The van der Waals surface area contributed by atoms with Gasteiger partial charge in [0.05, 0.1) is 21.3 Å². The molecule has 3 nitrogen and oxygen atoms in total. The summed E-state index contributed by atoms with van der Waals surface area (Å²) in [4.78, 5) is 4.87. The molecule has 0 bridgehead atoms. The van der Waals surface area contributed by atoms with Crippen LogP contribution in [0.3, 0.4) is 0 Å². The summed E-state index contributed by atoms with van der Waals surface area (Å²) < 4.78 is 5.22. The Hall–Kier alpha value is -6.10. The monoisotopic (exact) mass is 912 g/mol. The van der Waals surface area contributed by atoms with Gasteiger partial charge >= 0.3 is 0 Å². The van der Waals surface area contributed by atoms with Gasteiger partial charge in [-0.3, -0.25) is 0 Å². The van der Waals surface area contributed by atoms with E-state index in [1.165, 1.54) is 75.3 Å². The molecule has 0 N–H and O–H groups in total. The SMILES string of the molecule is CC(C)(C)c1ccc(N(c2ccc(C(C)(C)C)cc2)c2ccc3c(c2)sc2c4cc(C(C)(C)C)cc5c6cc(N(c7ccc(C(C)(C)C)cc7)c7ccc(C(C)(C)C)cc7)ccc6n(c54)c32)cc1. The van der Waals surface area contributed by atoms with E-state index < -0.39 is 0 Å². The van der Waals surface area contributed by atoms with E-state index in [1.54, 1.807) is 0 Å². The van der Waals surface area contributed by atoms with E-state index >= 15 is 0 Å². The van der Waals surface area contributed by atoms with Crippen LogP contribution in [-0.4, -0.2) is 4.40 Å². The molecule has 4 heteroatoms. The lowest BCUT2D eigenvalue weighted by Crippen LogP contribution is -2.14. The summed E-state index contributed by atoms with van der Waals surface area (Å²) in [6, 6.07) is 56.0. The molecule has 0 spiro atoms. The number of benzene rings is 7. The van der Waals surface area contributed by atoms with Crippen molar-refractivity contribution in [2.75, 3.05) is 9.80 Å². The zero-order valence-corrected chi connectivity index (χ0v) is 43.9. The number of nitrogens with zero attached hydrogens (tertiary/aromatic N) is 3. The zero-order valence-electron chi connectivity index (χ0n) is 43.1. The van der Waals surface area contributed by atoms with Crippen molar-refractivity contribution in [3.05, 3.63) is 173 Å². The van der Waals surface area contributed by atoms with Gasteiger partial charge in [0.15, 0.2) is 0 Å². The van der Waals surface area contributed by atoms with Crippen molar-refractivity contribution < 1.29 is 0 Å². The van der Waals surface area contributed by atoms with Crippen LogP contribution in [0.1, 0.15) is 132 Å². The van der Waals surface area contributed by atoms with Gasteiger partial charge in [0.25, 0.3) is 0 Å². The summed E-state index contributed by atoms with van der Waals surface area (Å²) in [6.07, 6.45) is 0. The van der Waals surface area contributed by atoms with Crippen LogP contribution in [0.15, 0.2) is 146 Å². The fourth-order valence-electron chi connectivity index (χ4n) is 10.1. The van der Waals surface area contributed by atoms with Crippen LogP contribution in [0, 0.1) is 0 Å². The van der Waals surface area contributed by atoms with Crippen molar-refractivity contribution in [2.24, 2.45) is 0 Å². The first-order valence-electron chi connectivity index (χ1n) is 24.6. The average molecular weight is 912 g/mol. The van der Waals surface area contributed by atoms with Gasteiger partial charge in [0.1, 0.15) is 0 Å². The molecule has 0 aliphatic carbocycles. The molecular weight excluding hydrogens is 843 g/mol. The van der Waals surface area contributed by atoms with E-state index in [4.69, 9.17) is 0 Å². The normalized spacial score (nSPS) is 13.2. The molecule has 3 heterocycles. The fraction of sp³-hybridized carbons (Fsp3) is 0.312. The number of fused-ring (bicyclic) bond motifs is 8. The lowest BCUT2D eigenvalue weighted by molar-refractivity contribution is 0.590. The minimum atomic E-state index is -0.0372. The summed E-state index contributed by atoms with van der Waals surface area (Å²) in [7, 11) is 0. The minimum absolute atomic E-state index is 0.0372. The second-order valence-electron chi connectivity index (χ2n) is 24.5. The topological polar surface area (TPSA) is 10.9 Å². The first kappa shape index (κ1) is 45.7. The van der Waals surface area contributed by atoms with Crippen molar-refractivity contribution in [3.8, 4) is 0 Å². The van der Waals surface area contributed by atoms with Crippen molar-refractivity contribution in [2.45, 2.75) is 131 Å². The van der Waals surface area contributed by atoms with Crippen molar-refractivity contribution in [1.82, 2.24) is 4.40 Å². The number of rotatable bonds is 6. The molecule has 0 aliphatic heterocycles. The lowest BCUT2D eigenvalue weighted by atomic mass is 9.85. The van der Waals surface area contributed by atoms with E-state index in [1.807, 2.05) is 11.3 Å². The first-order valence-corrected chi connectivity index (χ1v) is 25.4. The molecule has 68 heavy (non-hydrogen) atoms. The van der Waals surface area contributed by atoms with Crippen molar-refractivity contribution >= 4 is 93.0 Å². The maximum absolute atomic E-state index is 2.58. The Morgan fingerprint density at radius 1 is 0.309 bits per heavy atom. The van der Waals surface area contributed by atoms with Crippen molar-refractivity contribution in [3.63, 3.8) is 0 Å². The second-order valence-corrected chi connectivity index (χ2v) is 25.6. The molecule has 0 amide bonds. The van der Waals surface area contributed by atoms with Gasteiger partial charge < -0.3 is 14.2 Å². The fourth-order valence-corrected chi connectivity index (χ4v) is 11.3. The highest BCUT2D eigenvalue weighted by molar-refractivity contribution is 7.26. The third kappa shape index (κ3) is 7.93. The van der Waals surface area contributed by atoms with Crippen LogP contribution in [0.25, 0.3) is 47.5 Å². The molecule has 10 aromatic rings. The van der Waals surface area contributed by atoms with E-state index in [-0.39, 0.29) is 27.1 Å². The molecule has 0 saturated heterocycles. The summed E-state index contributed by atoms with van der Waals surface area (Å²) in [5.74, 6) is 0. The number of hydrogen-bond donors (Lipinski definition) is 0.